The van der Waals surface area contributed by atoms with Crippen LogP contribution >= 0.6 is 0 Å². The van der Waals surface area contributed by atoms with Crippen LogP contribution in [0.25, 0.3) is 0 Å². The maximum absolute atomic E-state index is 5.90. The molecule has 0 amide bonds. The molecule has 0 atom stereocenters. The maximum Gasteiger partial charge on any atom is 0.0717 e. The van der Waals surface area contributed by atoms with Crippen molar-refractivity contribution in [1.29, 1.82) is 0 Å². The van der Waals surface area contributed by atoms with Gasteiger partial charge in [0.2, 0.25) is 0 Å². The summed E-state index contributed by atoms with van der Waals surface area (Å²) in [5.74, 6) is 0. The zero-order valence-electron chi connectivity index (χ0n) is 17.4. The lowest BCUT2D eigenvalue weighted by atomic mass is 9.84. The smallest absolute Gasteiger partial charge is 0.0717 e. The normalized spacial score (nSPS) is 19.4. The molecule has 0 bridgehead atoms. The third-order valence-electron chi connectivity index (χ3n) is 5.51. The standard InChI is InChI=1S/C20H30O4.C2H6O/c1-3-19(13-23-14-19)11-21-9-17-5-7-18(8-6-17)10-22-12-20(4-2)15-24-16-20;1-3-2/h5-8H,3-4,9-16H2,1-2H3;1-2H3. The van der Waals surface area contributed by atoms with Gasteiger partial charge in [-0.2, -0.15) is 0 Å². The number of hydrogen-bond acceptors (Lipinski definition) is 5. The van der Waals surface area contributed by atoms with Crippen LogP contribution < -0.4 is 0 Å². The molecule has 0 aliphatic carbocycles. The summed E-state index contributed by atoms with van der Waals surface area (Å²) in [6, 6.07) is 8.54. The Morgan fingerprint density at radius 2 is 1.07 bits per heavy atom. The van der Waals surface area contributed by atoms with Crippen molar-refractivity contribution in [3.05, 3.63) is 35.4 Å². The van der Waals surface area contributed by atoms with Crippen molar-refractivity contribution in [3.63, 3.8) is 0 Å². The van der Waals surface area contributed by atoms with Crippen molar-refractivity contribution in [1.82, 2.24) is 0 Å². The van der Waals surface area contributed by atoms with Gasteiger partial charge in [-0.3, -0.25) is 0 Å². The van der Waals surface area contributed by atoms with Gasteiger partial charge in [0.15, 0.2) is 0 Å². The van der Waals surface area contributed by atoms with Crippen LogP contribution in [0, 0.1) is 10.8 Å². The Bertz CT molecular complexity index is 462. The summed E-state index contributed by atoms with van der Waals surface area (Å²) < 4.78 is 26.7. The number of hydrogen-bond donors (Lipinski definition) is 0. The SMILES string of the molecule is CCC1(COCc2ccc(COCC3(CC)COC3)cc2)COC1.COC. The Hall–Kier alpha value is -0.980. The number of methoxy groups -OCH3 is 1. The second-order valence-electron chi connectivity index (χ2n) is 7.90. The van der Waals surface area contributed by atoms with E-state index >= 15 is 0 Å². The zero-order valence-corrected chi connectivity index (χ0v) is 17.4. The Labute approximate surface area is 164 Å². The van der Waals surface area contributed by atoms with E-state index in [2.05, 4.69) is 42.8 Å². The van der Waals surface area contributed by atoms with E-state index in [0.29, 0.717) is 13.2 Å². The third kappa shape index (κ3) is 6.54. The average Bonchev–Trinajstić information content (AvgIpc) is 2.62. The fourth-order valence-corrected chi connectivity index (χ4v) is 3.06. The van der Waals surface area contributed by atoms with E-state index in [4.69, 9.17) is 18.9 Å². The summed E-state index contributed by atoms with van der Waals surface area (Å²) in [7, 11) is 3.25. The summed E-state index contributed by atoms with van der Waals surface area (Å²) in [4.78, 5) is 0. The summed E-state index contributed by atoms with van der Waals surface area (Å²) >= 11 is 0. The van der Waals surface area contributed by atoms with E-state index in [0.717, 1.165) is 52.5 Å². The minimum absolute atomic E-state index is 0.258. The lowest BCUT2D eigenvalue weighted by Crippen LogP contribution is -2.45. The Balaban J connectivity index is 0.000000817. The third-order valence-corrected chi connectivity index (χ3v) is 5.51. The highest BCUT2D eigenvalue weighted by atomic mass is 16.5. The first-order valence-electron chi connectivity index (χ1n) is 9.90. The second-order valence-corrected chi connectivity index (χ2v) is 7.90. The molecule has 3 rings (SSSR count). The highest BCUT2D eigenvalue weighted by molar-refractivity contribution is 5.21. The zero-order chi connectivity index (χ0) is 19.6. The van der Waals surface area contributed by atoms with Crippen molar-refractivity contribution in [3.8, 4) is 0 Å². The molecule has 0 saturated carbocycles. The van der Waals surface area contributed by atoms with Gasteiger partial charge < -0.3 is 23.7 Å². The van der Waals surface area contributed by atoms with E-state index in [1.54, 1.807) is 14.2 Å². The van der Waals surface area contributed by atoms with Crippen LogP contribution in [0.2, 0.25) is 0 Å². The molecule has 0 aromatic heterocycles. The average molecular weight is 381 g/mol. The quantitative estimate of drug-likeness (QED) is 0.617. The lowest BCUT2D eigenvalue weighted by Gasteiger charge is -2.40. The molecule has 1 aromatic rings. The highest BCUT2D eigenvalue weighted by Gasteiger charge is 2.37. The van der Waals surface area contributed by atoms with Gasteiger partial charge >= 0.3 is 0 Å². The first kappa shape index (κ1) is 22.3. The second kappa shape index (κ2) is 11.1. The van der Waals surface area contributed by atoms with Gasteiger partial charge in [-0.1, -0.05) is 38.1 Å². The molecule has 27 heavy (non-hydrogen) atoms. The summed E-state index contributed by atoms with van der Waals surface area (Å²) in [6.45, 7) is 10.7. The first-order chi connectivity index (χ1) is 13.1. The highest BCUT2D eigenvalue weighted by Crippen LogP contribution is 2.32. The predicted octanol–water partition coefficient (Wildman–Crippen LogP) is 3.84. The van der Waals surface area contributed by atoms with Crippen molar-refractivity contribution in [2.75, 3.05) is 53.9 Å². The van der Waals surface area contributed by atoms with Crippen LogP contribution in [0.4, 0.5) is 0 Å². The molecule has 5 nitrogen and oxygen atoms in total. The molecule has 1 aromatic carbocycles. The molecule has 0 N–H and O–H groups in total. The molecular formula is C22H36O5. The van der Waals surface area contributed by atoms with E-state index < -0.39 is 0 Å². The minimum atomic E-state index is 0.258. The molecule has 0 spiro atoms. The first-order valence-corrected chi connectivity index (χ1v) is 9.90. The summed E-state index contributed by atoms with van der Waals surface area (Å²) in [5, 5.41) is 0. The molecule has 2 aliphatic heterocycles. The van der Waals surface area contributed by atoms with E-state index in [1.165, 1.54) is 11.1 Å². The maximum atomic E-state index is 5.90. The fourth-order valence-electron chi connectivity index (χ4n) is 3.06. The van der Waals surface area contributed by atoms with Crippen LogP contribution in [0.15, 0.2) is 24.3 Å². The van der Waals surface area contributed by atoms with Crippen molar-refractivity contribution >= 4 is 0 Å². The topological polar surface area (TPSA) is 46.2 Å². The molecule has 2 heterocycles. The number of benzene rings is 1. The van der Waals surface area contributed by atoms with Crippen LogP contribution in [0.1, 0.15) is 37.8 Å². The molecule has 2 saturated heterocycles. The number of rotatable bonds is 10. The van der Waals surface area contributed by atoms with Gasteiger partial charge in [0.1, 0.15) is 0 Å². The molecule has 2 aliphatic rings. The van der Waals surface area contributed by atoms with E-state index in [-0.39, 0.29) is 10.8 Å². The molecule has 0 radical (unpaired) electrons. The van der Waals surface area contributed by atoms with Crippen LogP contribution in [-0.4, -0.2) is 53.9 Å². The van der Waals surface area contributed by atoms with Gasteiger partial charge in [-0.05, 0) is 24.0 Å². The van der Waals surface area contributed by atoms with Gasteiger partial charge in [0.05, 0.1) is 52.9 Å². The fraction of sp³-hybridized carbons (Fsp3) is 0.727. The predicted molar refractivity (Wildman–Crippen MR) is 106 cm³/mol. The van der Waals surface area contributed by atoms with Gasteiger partial charge in [-0.25, -0.2) is 0 Å². The van der Waals surface area contributed by atoms with Crippen molar-refractivity contribution in [2.24, 2.45) is 10.8 Å². The minimum Gasteiger partial charge on any atom is -0.388 e. The van der Waals surface area contributed by atoms with Crippen LogP contribution in [-0.2, 0) is 36.9 Å². The molecule has 5 heteroatoms. The molecular weight excluding hydrogens is 344 g/mol. The largest absolute Gasteiger partial charge is 0.388 e. The Kier molecular flexibility index (Phi) is 9.19. The molecule has 0 unspecified atom stereocenters. The Morgan fingerprint density at radius 3 is 1.30 bits per heavy atom. The molecule has 2 fully saturated rings. The Morgan fingerprint density at radius 1 is 0.741 bits per heavy atom. The van der Waals surface area contributed by atoms with Gasteiger partial charge in [-0.15, -0.1) is 0 Å². The van der Waals surface area contributed by atoms with Crippen LogP contribution in [0.3, 0.4) is 0 Å². The van der Waals surface area contributed by atoms with Crippen molar-refractivity contribution in [2.45, 2.75) is 39.9 Å². The van der Waals surface area contributed by atoms with E-state index in [9.17, 15) is 0 Å². The monoisotopic (exact) mass is 380 g/mol. The van der Waals surface area contributed by atoms with Gasteiger partial charge in [0, 0.05) is 25.0 Å². The van der Waals surface area contributed by atoms with Gasteiger partial charge in [0.25, 0.3) is 0 Å². The summed E-state index contributed by atoms with van der Waals surface area (Å²) in [6.07, 6.45) is 2.24. The molecule has 154 valence electrons. The van der Waals surface area contributed by atoms with Crippen molar-refractivity contribution < 1.29 is 23.7 Å². The van der Waals surface area contributed by atoms with Crippen LogP contribution in [0.5, 0.6) is 0 Å². The number of ether oxygens (including phenoxy) is 5. The van der Waals surface area contributed by atoms with E-state index in [1.807, 2.05) is 0 Å². The lowest BCUT2D eigenvalue weighted by molar-refractivity contribution is -0.152. The summed E-state index contributed by atoms with van der Waals surface area (Å²) in [5.41, 5.74) is 2.94.